The molecule has 0 fully saturated rings. The van der Waals surface area contributed by atoms with Crippen LogP contribution in [0.5, 0.6) is 5.75 Å². The third-order valence-corrected chi connectivity index (χ3v) is 2.92. The molecule has 0 aliphatic rings. The van der Waals surface area contributed by atoms with Crippen LogP contribution in [0.15, 0.2) is 42.5 Å². The molecule has 0 atom stereocenters. The number of hydrogen-bond donors (Lipinski definition) is 0. The van der Waals surface area contributed by atoms with Crippen molar-refractivity contribution in [2.75, 3.05) is 19.1 Å². The second kappa shape index (κ2) is 5.52. The normalized spacial score (nSPS) is 10.1. The average molecular weight is 259 g/mol. The first kappa shape index (κ1) is 13.1. The van der Waals surface area contributed by atoms with Crippen LogP contribution in [0.4, 0.5) is 15.8 Å². The van der Waals surface area contributed by atoms with Gasteiger partial charge in [0.05, 0.1) is 12.8 Å². The van der Waals surface area contributed by atoms with Gasteiger partial charge in [0, 0.05) is 24.4 Å². The predicted molar refractivity (Wildman–Crippen MR) is 72.8 cm³/mol. The Morgan fingerprint density at radius 2 is 1.95 bits per heavy atom. The Bertz CT molecular complexity index is 598. The van der Waals surface area contributed by atoms with Crippen LogP contribution in [-0.4, -0.2) is 20.4 Å². The number of carbonyl (C=O) groups excluding carboxylic acids is 1. The largest absolute Gasteiger partial charge is 0.497 e. The molecule has 0 amide bonds. The number of para-hydroxylation sites is 1. The van der Waals surface area contributed by atoms with Gasteiger partial charge in [-0.1, -0.05) is 12.1 Å². The number of benzene rings is 2. The fourth-order valence-electron chi connectivity index (χ4n) is 1.93. The average Bonchev–Trinajstić information content (AvgIpc) is 2.46. The number of halogens is 1. The van der Waals surface area contributed by atoms with Crippen LogP contribution in [0.25, 0.3) is 0 Å². The summed E-state index contributed by atoms with van der Waals surface area (Å²) in [6, 6.07) is 11.7. The lowest BCUT2D eigenvalue weighted by atomic mass is 10.1. The Morgan fingerprint density at radius 3 is 2.63 bits per heavy atom. The minimum atomic E-state index is -0.435. The molecule has 0 saturated carbocycles. The van der Waals surface area contributed by atoms with Crippen molar-refractivity contribution in [2.45, 2.75) is 0 Å². The maximum Gasteiger partial charge on any atom is 0.152 e. The summed E-state index contributed by atoms with van der Waals surface area (Å²) < 4.78 is 19.1. The lowest BCUT2D eigenvalue weighted by Crippen LogP contribution is -2.13. The fourth-order valence-corrected chi connectivity index (χ4v) is 1.93. The number of aldehydes is 1. The number of anilines is 2. The zero-order valence-electron chi connectivity index (χ0n) is 10.8. The molecule has 2 aromatic carbocycles. The standard InChI is InChI=1S/C15H14FNO2/c1-17(12-6-4-7-13(9-12)19-2)15-11(10-18)5-3-8-14(15)16/h3-10H,1-2H3. The van der Waals surface area contributed by atoms with E-state index in [9.17, 15) is 9.18 Å². The Balaban J connectivity index is 2.49. The molecule has 19 heavy (non-hydrogen) atoms. The van der Waals surface area contributed by atoms with Gasteiger partial charge in [0.2, 0.25) is 0 Å². The summed E-state index contributed by atoms with van der Waals surface area (Å²) in [6.07, 6.45) is 0.648. The molecule has 0 radical (unpaired) electrons. The molecule has 0 aliphatic heterocycles. The molecule has 0 saturated heterocycles. The van der Waals surface area contributed by atoms with Crippen LogP contribution in [0.2, 0.25) is 0 Å². The van der Waals surface area contributed by atoms with E-state index in [-0.39, 0.29) is 5.69 Å². The Kier molecular flexibility index (Phi) is 3.80. The number of nitrogens with zero attached hydrogens (tertiary/aromatic N) is 1. The second-order valence-corrected chi connectivity index (χ2v) is 4.06. The molecule has 0 aliphatic carbocycles. The van der Waals surface area contributed by atoms with E-state index in [2.05, 4.69) is 0 Å². The number of rotatable bonds is 4. The Labute approximate surface area is 111 Å². The topological polar surface area (TPSA) is 29.5 Å². The number of ether oxygens (including phenoxy) is 1. The lowest BCUT2D eigenvalue weighted by Gasteiger charge is -2.22. The highest BCUT2D eigenvalue weighted by Crippen LogP contribution is 2.30. The van der Waals surface area contributed by atoms with Gasteiger partial charge in [-0.25, -0.2) is 4.39 Å². The zero-order valence-corrected chi connectivity index (χ0v) is 10.8. The van der Waals surface area contributed by atoms with Crippen LogP contribution in [0, 0.1) is 5.82 Å². The summed E-state index contributed by atoms with van der Waals surface area (Å²) in [7, 11) is 3.28. The molecule has 2 rings (SSSR count). The van der Waals surface area contributed by atoms with Gasteiger partial charge in [-0.15, -0.1) is 0 Å². The summed E-state index contributed by atoms with van der Waals surface area (Å²) in [5, 5.41) is 0. The van der Waals surface area contributed by atoms with E-state index >= 15 is 0 Å². The molecule has 0 spiro atoms. The van der Waals surface area contributed by atoms with Crippen molar-refractivity contribution in [1.29, 1.82) is 0 Å². The third-order valence-electron chi connectivity index (χ3n) is 2.92. The molecule has 0 unspecified atom stereocenters. The van der Waals surface area contributed by atoms with Crippen molar-refractivity contribution in [2.24, 2.45) is 0 Å². The van der Waals surface area contributed by atoms with Gasteiger partial charge in [-0.2, -0.15) is 0 Å². The molecular weight excluding hydrogens is 245 g/mol. The summed E-state index contributed by atoms with van der Waals surface area (Å²) in [4.78, 5) is 12.6. The van der Waals surface area contributed by atoms with Gasteiger partial charge in [0.1, 0.15) is 11.6 Å². The highest BCUT2D eigenvalue weighted by Gasteiger charge is 2.14. The van der Waals surface area contributed by atoms with Gasteiger partial charge >= 0.3 is 0 Å². The van der Waals surface area contributed by atoms with E-state index in [1.165, 1.54) is 12.1 Å². The quantitative estimate of drug-likeness (QED) is 0.788. The number of methoxy groups -OCH3 is 1. The molecule has 3 nitrogen and oxygen atoms in total. The second-order valence-electron chi connectivity index (χ2n) is 4.06. The van der Waals surface area contributed by atoms with Gasteiger partial charge < -0.3 is 9.64 Å². The molecule has 0 bridgehead atoms. The maximum absolute atomic E-state index is 13.9. The van der Waals surface area contributed by atoms with Crippen molar-refractivity contribution >= 4 is 17.7 Å². The highest BCUT2D eigenvalue weighted by molar-refractivity contribution is 5.87. The highest BCUT2D eigenvalue weighted by atomic mass is 19.1. The first-order chi connectivity index (χ1) is 9.17. The Morgan fingerprint density at radius 1 is 1.21 bits per heavy atom. The van der Waals surface area contributed by atoms with E-state index in [1.54, 1.807) is 37.3 Å². The van der Waals surface area contributed by atoms with Gasteiger partial charge in [-0.3, -0.25) is 4.79 Å². The third kappa shape index (κ3) is 2.57. The van der Waals surface area contributed by atoms with E-state index < -0.39 is 5.82 Å². The minimum Gasteiger partial charge on any atom is -0.497 e. The summed E-state index contributed by atoms with van der Waals surface area (Å²) in [5.41, 5.74) is 1.31. The summed E-state index contributed by atoms with van der Waals surface area (Å²) in [5.74, 6) is 0.239. The van der Waals surface area contributed by atoms with Crippen LogP contribution in [0.3, 0.4) is 0 Å². The first-order valence-electron chi connectivity index (χ1n) is 5.79. The first-order valence-corrected chi connectivity index (χ1v) is 5.79. The van der Waals surface area contributed by atoms with Crippen LogP contribution < -0.4 is 9.64 Å². The van der Waals surface area contributed by atoms with Crippen molar-refractivity contribution in [1.82, 2.24) is 0 Å². The SMILES string of the molecule is COc1cccc(N(C)c2c(F)cccc2C=O)c1. The van der Waals surface area contributed by atoms with Gasteiger partial charge in [-0.05, 0) is 24.3 Å². The number of carbonyl (C=O) groups is 1. The van der Waals surface area contributed by atoms with E-state index in [4.69, 9.17) is 4.74 Å². The van der Waals surface area contributed by atoms with E-state index in [0.717, 1.165) is 5.69 Å². The van der Waals surface area contributed by atoms with Crippen molar-refractivity contribution in [3.05, 3.63) is 53.8 Å². The van der Waals surface area contributed by atoms with Crippen LogP contribution >= 0.6 is 0 Å². The predicted octanol–water partition coefficient (Wildman–Crippen LogP) is 3.41. The zero-order chi connectivity index (χ0) is 13.8. The molecule has 98 valence electrons. The van der Waals surface area contributed by atoms with Crippen LogP contribution in [0.1, 0.15) is 10.4 Å². The van der Waals surface area contributed by atoms with Gasteiger partial charge in [0.25, 0.3) is 0 Å². The minimum absolute atomic E-state index is 0.255. The van der Waals surface area contributed by atoms with Crippen molar-refractivity contribution in [3.63, 3.8) is 0 Å². The van der Waals surface area contributed by atoms with E-state index in [0.29, 0.717) is 17.6 Å². The monoisotopic (exact) mass is 259 g/mol. The molecule has 4 heteroatoms. The molecular formula is C15H14FNO2. The summed E-state index contributed by atoms with van der Waals surface area (Å²) >= 11 is 0. The Hall–Kier alpha value is -2.36. The fraction of sp³-hybridized carbons (Fsp3) is 0.133. The number of hydrogen-bond acceptors (Lipinski definition) is 3. The molecule has 0 N–H and O–H groups in total. The molecule has 0 aromatic heterocycles. The maximum atomic E-state index is 13.9. The van der Waals surface area contributed by atoms with Crippen molar-refractivity contribution in [3.8, 4) is 5.75 Å². The molecule has 2 aromatic rings. The molecule has 0 heterocycles. The summed E-state index contributed by atoms with van der Waals surface area (Å²) in [6.45, 7) is 0. The van der Waals surface area contributed by atoms with E-state index in [1.807, 2.05) is 12.1 Å². The smallest absolute Gasteiger partial charge is 0.152 e. The van der Waals surface area contributed by atoms with Crippen LogP contribution in [-0.2, 0) is 0 Å². The lowest BCUT2D eigenvalue weighted by molar-refractivity contribution is 0.112. The van der Waals surface area contributed by atoms with Crippen molar-refractivity contribution < 1.29 is 13.9 Å². The van der Waals surface area contributed by atoms with Gasteiger partial charge in [0.15, 0.2) is 6.29 Å².